The molecule has 222 valence electrons. The number of aromatic amines is 1. The maximum Gasteiger partial charge on any atom is 0.417 e. The Morgan fingerprint density at radius 1 is 1.21 bits per heavy atom. The zero-order valence-corrected chi connectivity index (χ0v) is 24.2. The number of nitrogens with zero attached hydrogens (tertiary/aromatic N) is 3. The largest absolute Gasteiger partial charge is 0.492 e. The first kappa shape index (κ1) is 29.7. The number of fused-ring (bicyclic) bond motifs is 1. The molecule has 0 aliphatic carbocycles. The van der Waals surface area contributed by atoms with E-state index in [-0.39, 0.29) is 39.3 Å². The summed E-state index contributed by atoms with van der Waals surface area (Å²) in [5.74, 6) is -0.417. The van der Waals surface area contributed by atoms with E-state index in [4.69, 9.17) is 16.3 Å². The molecule has 1 saturated heterocycles. The molecule has 0 spiro atoms. The van der Waals surface area contributed by atoms with E-state index < -0.39 is 41.5 Å². The first-order chi connectivity index (χ1) is 19.7. The third-order valence-corrected chi connectivity index (χ3v) is 7.72. The topological polar surface area (TPSA) is 124 Å². The van der Waals surface area contributed by atoms with Crippen LogP contribution >= 0.6 is 22.9 Å². The number of carbonyl (C=O) groups excluding carboxylic acids is 1. The number of hydrogen-bond donors (Lipinski definition) is 4. The van der Waals surface area contributed by atoms with Crippen LogP contribution < -0.4 is 5.32 Å². The van der Waals surface area contributed by atoms with Gasteiger partial charge in [0.1, 0.15) is 10.5 Å². The molecule has 2 aromatic carbocycles. The van der Waals surface area contributed by atoms with Gasteiger partial charge in [0.25, 0.3) is 0 Å². The van der Waals surface area contributed by atoms with Crippen LogP contribution in [0.1, 0.15) is 42.3 Å². The highest BCUT2D eigenvalue weighted by molar-refractivity contribution is 7.17. The predicted octanol–water partition coefficient (Wildman–Crippen LogP) is 6.38. The lowest BCUT2D eigenvalue weighted by Crippen LogP contribution is -2.36. The number of aliphatic hydroxyl groups is 1. The van der Waals surface area contributed by atoms with Gasteiger partial charge in [-0.25, -0.2) is 4.79 Å². The summed E-state index contributed by atoms with van der Waals surface area (Å²) in [5.41, 5.74) is -0.291. The molecule has 2 atom stereocenters. The van der Waals surface area contributed by atoms with Crippen LogP contribution in [0.3, 0.4) is 0 Å². The third-order valence-electron chi connectivity index (χ3n) is 6.48. The van der Waals surface area contributed by atoms with Crippen molar-refractivity contribution in [3.63, 3.8) is 0 Å². The van der Waals surface area contributed by atoms with E-state index in [0.29, 0.717) is 10.9 Å². The van der Waals surface area contributed by atoms with Crippen LogP contribution in [0.5, 0.6) is 5.88 Å². The molecule has 0 radical (unpaired) electrons. The van der Waals surface area contributed by atoms with Crippen molar-refractivity contribution in [2.75, 3.05) is 18.4 Å². The molecular weight excluding hydrogens is 595 g/mol. The van der Waals surface area contributed by atoms with E-state index in [2.05, 4.69) is 20.5 Å². The molecule has 5 rings (SSSR count). The highest BCUT2D eigenvalue weighted by Crippen LogP contribution is 2.42. The third kappa shape index (κ3) is 6.48. The summed E-state index contributed by atoms with van der Waals surface area (Å²) < 4.78 is 47.2. The fourth-order valence-electron chi connectivity index (χ4n) is 4.56. The van der Waals surface area contributed by atoms with Crippen LogP contribution in [0.2, 0.25) is 5.02 Å². The molecule has 14 heteroatoms. The number of hydrogen-bond acceptors (Lipinski definition) is 8. The summed E-state index contributed by atoms with van der Waals surface area (Å²) >= 11 is 6.89. The van der Waals surface area contributed by atoms with Crippen LogP contribution in [0.15, 0.2) is 42.6 Å². The van der Waals surface area contributed by atoms with Gasteiger partial charge in [-0.15, -0.1) is 0 Å². The van der Waals surface area contributed by atoms with Crippen LogP contribution in [0.4, 0.5) is 23.1 Å². The summed E-state index contributed by atoms with van der Waals surface area (Å²) in [7, 11) is 0. The van der Waals surface area contributed by atoms with Crippen molar-refractivity contribution in [1.29, 1.82) is 0 Å². The summed E-state index contributed by atoms with van der Waals surface area (Å²) in [4.78, 5) is 18.2. The summed E-state index contributed by atoms with van der Waals surface area (Å²) in [5, 5.41) is 32.2. The number of aliphatic hydroxyl groups excluding tert-OH is 1. The Morgan fingerprint density at radius 3 is 2.69 bits per heavy atom. The molecule has 4 N–H and O–H groups in total. The predicted molar refractivity (Wildman–Crippen MR) is 155 cm³/mol. The molecule has 2 unspecified atom stereocenters. The second kappa shape index (κ2) is 11.1. The smallest absolute Gasteiger partial charge is 0.417 e. The van der Waals surface area contributed by atoms with E-state index in [1.807, 2.05) is 0 Å². The number of β-amino-alcohol motifs (C(OH)–C–C–N with tert-alkyl or cyclic N) is 1. The van der Waals surface area contributed by atoms with Gasteiger partial charge < -0.3 is 25.2 Å². The van der Waals surface area contributed by atoms with Crippen molar-refractivity contribution in [3.8, 4) is 5.88 Å². The molecule has 4 aromatic rings. The minimum atomic E-state index is -4.68. The van der Waals surface area contributed by atoms with Crippen LogP contribution in [0.25, 0.3) is 22.6 Å². The standard InChI is InChI=1S/C28H27ClF3N5O4S/c1-27(2,3)41-26(40)37-12-21(22(38)13-37)34-25-35-24(39)23(42-25)18(14-5-7-20-16(8-14)11-33-36-20)9-15-4-6-17(29)10-19(15)28(30,31)32/h4-11,21-22,38-39H,12-13H2,1-3H3,(H,33,36)(H,34,35). The summed E-state index contributed by atoms with van der Waals surface area (Å²) in [6.07, 6.45) is -3.30. The Bertz CT molecular complexity index is 1660. The lowest BCUT2D eigenvalue weighted by atomic mass is 9.98. The second-order valence-electron chi connectivity index (χ2n) is 10.8. The zero-order valence-electron chi connectivity index (χ0n) is 22.7. The Labute approximate surface area is 247 Å². The average Bonchev–Trinajstić information content (AvgIpc) is 3.60. The number of halogens is 4. The van der Waals surface area contributed by atoms with Crippen molar-refractivity contribution in [1.82, 2.24) is 20.1 Å². The number of rotatable bonds is 5. The number of H-pyrrole nitrogens is 1. The Balaban J connectivity index is 1.51. The molecule has 9 nitrogen and oxygen atoms in total. The number of ether oxygens (including phenoxy) is 1. The van der Waals surface area contributed by atoms with Crippen molar-refractivity contribution in [3.05, 3.63) is 69.2 Å². The molecule has 1 fully saturated rings. The lowest BCUT2D eigenvalue weighted by Gasteiger charge is -2.24. The zero-order chi connectivity index (χ0) is 30.4. The van der Waals surface area contributed by atoms with E-state index in [1.54, 1.807) is 45.2 Å². The quantitative estimate of drug-likeness (QED) is 0.191. The molecule has 1 aliphatic rings. The molecule has 0 bridgehead atoms. The molecule has 1 aliphatic heterocycles. The van der Waals surface area contributed by atoms with E-state index >= 15 is 0 Å². The minimum Gasteiger partial charge on any atom is -0.492 e. The lowest BCUT2D eigenvalue weighted by molar-refractivity contribution is -0.137. The number of likely N-dealkylation sites (tertiary alicyclic amines) is 1. The van der Waals surface area contributed by atoms with Gasteiger partial charge in [-0.05, 0) is 62.2 Å². The number of nitrogens with one attached hydrogen (secondary N) is 2. The maximum absolute atomic E-state index is 13.9. The first-order valence-corrected chi connectivity index (χ1v) is 14.0. The van der Waals surface area contributed by atoms with Crippen LogP contribution in [-0.4, -0.2) is 67.2 Å². The Hall–Kier alpha value is -3.81. The summed E-state index contributed by atoms with van der Waals surface area (Å²) in [6, 6.07) is 8.01. The van der Waals surface area contributed by atoms with Gasteiger partial charge in [-0.3, -0.25) is 5.10 Å². The van der Waals surface area contributed by atoms with Gasteiger partial charge in [0, 0.05) is 22.5 Å². The number of amides is 1. The number of carbonyl (C=O) groups is 1. The number of aromatic hydroxyl groups is 1. The van der Waals surface area contributed by atoms with Crippen LogP contribution in [-0.2, 0) is 10.9 Å². The summed E-state index contributed by atoms with van der Waals surface area (Å²) in [6.45, 7) is 5.37. The number of benzene rings is 2. The van der Waals surface area contributed by atoms with E-state index in [1.165, 1.54) is 23.1 Å². The minimum absolute atomic E-state index is 0.0312. The van der Waals surface area contributed by atoms with Gasteiger partial charge in [0.2, 0.25) is 5.88 Å². The number of aromatic nitrogens is 3. The highest BCUT2D eigenvalue weighted by atomic mass is 35.5. The SMILES string of the molecule is CC(C)(C)OC(=O)N1CC(O)C(Nc2nc(O)c(C(=Cc3ccc(Cl)cc3C(F)(F)F)c3ccc4[nH]ncc4c3)s2)C1. The molecule has 42 heavy (non-hydrogen) atoms. The molecule has 2 aromatic heterocycles. The Kier molecular flexibility index (Phi) is 7.86. The Morgan fingerprint density at radius 2 is 1.98 bits per heavy atom. The van der Waals surface area contributed by atoms with Crippen molar-refractivity contribution >= 4 is 56.7 Å². The number of thiazole rings is 1. The second-order valence-corrected chi connectivity index (χ2v) is 12.3. The van der Waals surface area contributed by atoms with Gasteiger partial charge in [-0.1, -0.05) is 35.1 Å². The normalized spacial score (nSPS) is 18.1. The van der Waals surface area contributed by atoms with Gasteiger partial charge in [0.15, 0.2) is 5.13 Å². The fraction of sp³-hybridized carbons (Fsp3) is 0.321. The monoisotopic (exact) mass is 621 g/mol. The average molecular weight is 622 g/mol. The molecule has 3 heterocycles. The maximum atomic E-state index is 13.9. The van der Waals surface area contributed by atoms with Crippen molar-refractivity contribution < 1.29 is 32.9 Å². The molecule has 0 saturated carbocycles. The highest BCUT2D eigenvalue weighted by Gasteiger charge is 2.37. The first-order valence-electron chi connectivity index (χ1n) is 12.8. The van der Waals surface area contributed by atoms with Crippen molar-refractivity contribution in [2.45, 2.75) is 44.7 Å². The number of anilines is 1. The fourth-order valence-corrected chi connectivity index (χ4v) is 5.69. The van der Waals surface area contributed by atoms with E-state index in [9.17, 15) is 28.2 Å². The van der Waals surface area contributed by atoms with Crippen LogP contribution in [0, 0.1) is 0 Å². The number of alkyl halides is 3. The van der Waals surface area contributed by atoms with Gasteiger partial charge >= 0.3 is 12.3 Å². The van der Waals surface area contributed by atoms with E-state index in [0.717, 1.165) is 22.9 Å². The molecular formula is C28H27ClF3N5O4S. The van der Waals surface area contributed by atoms with Gasteiger partial charge in [0.05, 0.1) is 36.0 Å². The molecule has 1 amide bonds. The van der Waals surface area contributed by atoms with Gasteiger partial charge in [-0.2, -0.15) is 23.3 Å². The van der Waals surface area contributed by atoms with Crippen molar-refractivity contribution in [2.24, 2.45) is 0 Å².